The zero-order valence-electron chi connectivity index (χ0n) is 17.3. The maximum Gasteiger partial charge on any atom is 0.246 e. The molecule has 4 rings (SSSR count). The molecule has 2 aliphatic heterocycles. The molecule has 1 aromatic carbocycles. The minimum atomic E-state index is 0.0688. The lowest BCUT2D eigenvalue weighted by Crippen LogP contribution is -2.56. The van der Waals surface area contributed by atoms with Crippen LogP contribution in [0.3, 0.4) is 0 Å². The zero-order valence-corrected chi connectivity index (χ0v) is 18.1. The molecule has 2 saturated heterocycles. The Labute approximate surface area is 181 Å². The van der Waals surface area contributed by atoms with Gasteiger partial charge in [0.2, 0.25) is 11.8 Å². The number of fused-ring (bicyclic) bond motifs is 1. The predicted octanol–water partition coefficient (Wildman–Crippen LogP) is 3.85. The molecule has 0 radical (unpaired) electrons. The number of ether oxygens (including phenoxy) is 1. The highest BCUT2D eigenvalue weighted by molar-refractivity contribution is 7.10. The van der Waals surface area contributed by atoms with Gasteiger partial charge in [-0.2, -0.15) is 0 Å². The first-order valence-electron chi connectivity index (χ1n) is 10.6. The average molecular weight is 425 g/mol. The molecule has 0 bridgehead atoms. The van der Waals surface area contributed by atoms with Crippen LogP contribution in [0.1, 0.15) is 29.7 Å². The van der Waals surface area contributed by atoms with Crippen LogP contribution in [0.2, 0.25) is 0 Å². The fourth-order valence-electron chi connectivity index (χ4n) is 4.67. The molecule has 2 fully saturated rings. The van der Waals surface area contributed by atoms with Gasteiger partial charge < -0.3 is 14.5 Å². The van der Waals surface area contributed by atoms with Crippen molar-refractivity contribution in [2.75, 3.05) is 26.7 Å². The number of para-hydroxylation sites is 1. The number of piperidine rings is 2. The Bertz CT molecular complexity index is 909. The monoisotopic (exact) mass is 424 g/mol. The molecule has 3 heterocycles. The number of likely N-dealkylation sites (tertiary alicyclic amines) is 2. The van der Waals surface area contributed by atoms with Gasteiger partial charge in [-0.3, -0.25) is 9.59 Å². The van der Waals surface area contributed by atoms with Crippen LogP contribution in [0.15, 0.2) is 47.9 Å². The topological polar surface area (TPSA) is 49.9 Å². The molecule has 1 aromatic heterocycles. The summed E-state index contributed by atoms with van der Waals surface area (Å²) in [5, 5.41) is 2.01. The summed E-state index contributed by atoms with van der Waals surface area (Å²) < 4.78 is 5.41. The summed E-state index contributed by atoms with van der Waals surface area (Å²) in [6.07, 6.45) is 6.84. The van der Waals surface area contributed by atoms with Crippen molar-refractivity contribution in [2.45, 2.75) is 31.7 Å². The lowest BCUT2D eigenvalue weighted by Gasteiger charge is -2.47. The van der Waals surface area contributed by atoms with Crippen LogP contribution in [0.5, 0.6) is 5.75 Å². The first kappa shape index (κ1) is 20.7. The van der Waals surface area contributed by atoms with Crippen LogP contribution in [0.4, 0.5) is 0 Å². The quantitative estimate of drug-likeness (QED) is 0.685. The minimum absolute atomic E-state index is 0.0688. The smallest absolute Gasteiger partial charge is 0.246 e. The SMILES string of the molecule is COc1ccccc1CC(=O)N1CCC[C@@H]2CN(C(=O)/C=C/c3cccs3)CC[C@H]21. The molecule has 6 heteroatoms. The van der Waals surface area contributed by atoms with Crippen LogP contribution >= 0.6 is 11.3 Å². The number of carbonyl (C=O) groups is 2. The van der Waals surface area contributed by atoms with Crippen molar-refractivity contribution in [3.63, 3.8) is 0 Å². The number of benzene rings is 1. The molecule has 30 heavy (non-hydrogen) atoms. The van der Waals surface area contributed by atoms with Gasteiger partial charge >= 0.3 is 0 Å². The standard InChI is InChI=1S/C24H28N2O3S/c1-29-22-9-3-2-6-18(22)16-24(28)26-13-4-7-19-17-25(14-12-21(19)26)23(27)11-10-20-8-5-15-30-20/h2-3,5-6,8-11,15,19,21H,4,7,12-14,16-17H2,1H3/b11-10+/t19-,21-/m1/s1. The zero-order chi connectivity index (χ0) is 20.9. The minimum Gasteiger partial charge on any atom is -0.496 e. The van der Waals surface area contributed by atoms with E-state index in [1.165, 1.54) is 0 Å². The van der Waals surface area contributed by atoms with Gasteiger partial charge in [0.25, 0.3) is 0 Å². The van der Waals surface area contributed by atoms with E-state index < -0.39 is 0 Å². The number of amides is 2. The normalized spacial score (nSPS) is 21.5. The van der Waals surface area contributed by atoms with Crippen molar-refractivity contribution >= 4 is 29.2 Å². The van der Waals surface area contributed by atoms with Crippen molar-refractivity contribution in [1.82, 2.24) is 9.80 Å². The van der Waals surface area contributed by atoms with E-state index in [-0.39, 0.29) is 17.9 Å². The van der Waals surface area contributed by atoms with Gasteiger partial charge in [0.15, 0.2) is 0 Å². The van der Waals surface area contributed by atoms with E-state index in [0.29, 0.717) is 18.9 Å². The van der Waals surface area contributed by atoms with Gasteiger partial charge in [-0.25, -0.2) is 0 Å². The average Bonchev–Trinajstić information content (AvgIpc) is 3.30. The number of nitrogens with zero attached hydrogens (tertiary/aromatic N) is 2. The van der Waals surface area contributed by atoms with Crippen molar-refractivity contribution in [2.24, 2.45) is 5.92 Å². The number of hydrogen-bond donors (Lipinski definition) is 0. The third-order valence-electron chi connectivity index (χ3n) is 6.17. The number of hydrogen-bond acceptors (Lipinski definition) is 4. The highest BCUT2D eigenvalue weighted by Crippen LogP contribution is 2.32. The van der Waals surface area contributed by atoms with Gasteiger partial charge in [-0.05, 0) is 48.8 Å². The fourth-order valence-corrected chi connectivity index (χ4v) is 5.29. The van der Waals surface area contributed by atoms with E-state index in [1.54, 1.807) is 24.5 Å². The molecular formula is C24H28N2O3S. The van der Waals surface area contributed by atoms with E-state index >= 15 is 0 Å². The number of thiophene rings is 1. The fraction of sp³-hybridized carbons (Fsp3) is 0.417. The summed E-state index contributed by atoms with van der Waals surface area (Å²) in [4.78, 5) is 30.9. The van der Waals surface area contributed by atoms with Crippen LogP contribution in [-0.2, 0) is 16.0 Å². The number of methoxy groups -OCH3 is 1. The van der Waals surface area contributed by atoms with Crippen molar-refractivity contribution in [3.05, 3.63) is 58.3 Å². The van der Waals surface area contributed by atoms with E-state index in [0.717, 1.165) is 48.5 Å². The molecule has 0 aliphatic carbocycles. The second-order valence-electron chi connectivity index (χ2n) is 7.97. The van der Waals surface area contributed by atoms with E-state index in [4.69, 9.17) is 4.74 Å². The molecule has 0 unspecified atom stereocenters. The molecule has 2 aliphatic rings. The van der Waals surface area contributed by atoms with E-state index in [1.807, 2.05) is 52.8 Å². The molecule has 2 atom stereocenters. The lowest BCUT2D eigenvalue weighted by atomic mass is 9.83. The van der Waals surface area contributed by atoms with Crippen molar-refractivity contribution in [3.8, 4) is 5.75 Å². The van der Waals surface area contributed by atoms with Gasteiger partial charge in [0, 0.05) is 42.2 Å². The molecule has 5 nitrogen and oxygen atoms in total. The summed E-state index contributed by atoms with van der Waals surface area (Å²) in [6.45, 7) is 2.24. The van der Waals surface area contributed by atoms with Crippen LogP contribution < -0.4 is 4.74 Å². The maximum atomic E-state index is 13.1. The lowest BCUT2D eigenvalue weighted by molar-refractivity contribution is -0.139. The largest absolute Gasteiger partial charge is 0.496 e. The third-order valence-corrected chi connectivity index (χ3v) is 7.01. The Morgan fingerprint density at radius 1 is 1.17 bits per heavy atom. The highest BCUT2D eigenvalue weighted by atomic mass is 32.1. The first-order valence-corrected chi connectivity index (χ1v) is 11.5. The molecular weight excluding hydrogens is 396 g/mol. The molecule has 2 aromatic rings. The summed E-state index contributed by atoms with van der Waals surface area (Å²) in [5.41, 5.74) is 0.929. The summed E-state index contributed by atoms with van der Waals surface area (Å²) in [7, 11) is 1.64. The van der Waals surface area contributed by atoms with Gasteiger partial charge in [0.1, 0.15) is 5.75 Å². The first-order chi connectivity index (χ1) is 14.7. The molecule has 0 N–H and O–H groups in total. The Morgan fingerprint density at radius 3 is 2.83 bits per heavy atom. The van der Waals surface area contributed by atoms with E-state index in [2.05, 4.69) is 4.90 Å². The van der Waals surface area contributed by atoms with Crippen LogP contribution in [0, 0.1) is 5.92 Å². The van der Waals surface area contributed by atoms with Gasteiger partial charge in [-0.15, -0.1) is 11.3 Å². The molecule has 0 saturated carbocycles. The Hall–Kier alpha value is -2.60. The third kappa shape index (κ3) is 4.59. The van der Waals surface area contributed by atoms with Gasteiger partial charge in [0.05, 0.1) is 13.5 Å². The van der Waals surface area contributed by atoms with Crippen LogP contribution in [0.25, 0.3) is 6.08 Å². The predicted molar refractivity (Wildman–Crippen MR) is 119 cm³/mol. The molecule has 2 amide bonds. The Balaban J connectivity index is 1.38. The van der Waals surface area contributed by atoms with E-state index in [9.17, 15) is 9.59 Å². The van der Waals surface area contributed by atoms with Crippen molar-refractivity contribution in [1.29, 1.82) is 0 Å². The van der Waals surface area contributed by atoms with Crippen LogP contribution in [-0.4, -0.2) is 54.4 Å². The summed E-state index contributed by atoms with van der Waals surface area (Å²) in [5.74, 6) is 1.34. The van der Waals surface area contributed by atoms with Crippen molar-refractivity contribution < 1.29 is 14.3 Å². The Morgan fingerprint density at radius 2 is 2.03 bits per heavy atom. The van der Waals surface area contributed by atoms with Gasteiger partial charge in [-0.1, -0.05) is 24.3 Å². The summed E-state index contributed by atoms with van der Waals surface area (Å²) in [6, 6.07) is 11.9. The Kier molecular flexibility index (Phi) is 6.53. The maximum absolute atomic E-state index is 13.1. The summed E-state index contributed by atoms with van der Waals surface area (Å²) >= 11 is 1.63. The number of carbonyl (C=O) groups excluding carboxylic acids is 2. The highest BCUT2D eigenvalue weighted by Gasteiger charge is 2.38. The molecule has 0 spiro atoms. The second-order valence-corrected chi connectivity index (χ2v) is 8.95. The number of rotatable bonds is 5. The molecule has 158 valence electrons. The second kappa shape index (κ2) is 9.47.